The van der Waals surface area contributed by atoms with Gasteiger partial charge in [0, 0.05) is 16.1 Å². The van der Waals surface area contributed by atoms with Crippen LogP contribution in [0.3, 0.4) is 0 Å². The van der Waals surface area contributed by atoms with Crippen LogP contribution in [0.1, 0.15) is 16.7 Å². The van der Waals surface area contributed by atoms with Gasteiger partial charge in [-0.3, -0.25) is 0 Å². The minimum atomic E-state index is -0.417. The molecule has 3 aromatic carbocycles. The van der Waals surface area contributed by atoms with Gasteiger partial charge in [0.15, 0.2) is 0 Å². The molecule has 0 saturated heterocycles. The number of benzene rings is 3. The van der Waals surface area contributed by atoms with Crippen LogP contribution in [0.5, 0.6) is 5.75 Å². The summed E-state index contributed by atoms with van der Waals surface area (Å²) in [6, 6.07) is 23.0. The molecule has 3 rings (SSSR count). The molecule has 0 aliphatic heterocycles. The third kappa shape index (κ3) is 4.30. The van der Waals surface area contributed by atoms with Gasteiger partial charge in [-0.25, -0.2) is 4.39 Å². The van der Waals surface area contributed by atoms with Crippen LogP contribution in [0.25, 0.3) is 11.6 Å². The first-order chi connectivity index (χ1) is 12.7. The standard InChI is InChI=1S/C22H15ClFNO/c23-21-7-3-1-5-17(21)15-26-19-11-9-16(10-12-19)13-18(14-25)20-6-2-4-8-22(20)24/h1-13H,15H2/b18-13-. The van der Waals surface area contributed by atoms with Gasteiger partial charge in [0.2, 0.25) is 0 Å². The molecule has 0 spiro atoms. The highest BCUT2D eigenvalue weighted by Crippen LogP contribution is 2.23. The zero-order valence-electron chi connectivity index (χ0n) is 13.8. The van der Waals surface area contributed by atoms with Crippen molar-refractivity contribution in [1.82, 2.24) is 0 Å². The van der Waals surface area contributed by atoms with Crippen molar-refractivity contribution in [1.29, 1.82) is 5.26 Å². The second-order valence-corrected chi connectivity index (χ2v) is 6.01. The molecule has 0 atom stereocenters. The van der Waals surface area contributed by atoms with Crippen LogP contribution in [0.15, 0.2) is 72.8 Å². The average Bonchev–Trinajstić information content (AvgIpc) is 2.67. The predicted molar refractivity (Wildman–Crippen MR) is 102 cm³/mol. The molecule has 128 valence electrons. The molecular weight excluding hydrogens is 349 g/mol. The smallest absolute Gasteiger partial charge is 0.131 e. The van der Waals surface area contributed by atoms with Crippen LogP contribution in [0, 0.1) is 17.1 Å². The number of hydrogen-bond donors (Lipinski definition) is 0. The molecule has 0 amide bonds. The minimum absolute atomic E-state index is 0.271. The van der Waals surface area contributed by atoms with E-state index < -0.39 is 5.82 Å². The van der Waals surface area contributed by atoms with E-state index in [0.717, 1.165) is 11.1 Å². The van der Waals surface area contributed by atoms with E-state index in [2.05, 4.69) is 6.07 Å². The predicted octanol–water partition coefficient (Wildman–Crippen LogP) is 6.12. The van der Waals surface area contributed by atoms with Gasteiger partial charge < -0.3 is 4.74 Å². The molecule has 0 unspecified atom stereocenters. The monoisotopic (exact) mass is 363 g/mol. The Labute approximate surface area is 156 Å². The number of halogens is 2. The molecule has 0 aliphatic carbocycles. The fourth-order valence-electron chi connectivity index (χ4n) is 2.45. The highest BCUT2D eigenvalue weighted by atomic mass is 35.5. The first-order valence-electron chi connectivity index (χ1n) is 8.00. The average molecular weight is 364 g/mol. The van der Waals surface area contributed by atoms with Crippen molar-refractivity contribution in [3.8, 4) is 11.8 Å². The van der Waals surface area contributed by atoms with Gasteiger partial charge in [-0.05, 0) is 35.9 Å². The van der Waals surface area contributed by atoms with E-state index in [-0.39, 0.29) is 11.1 Å². The minimum Gasteiger partial charge on any atom is -0.489 e. The molecule has 3 aromatic rings. The van der Waals surface area contributed by atoms with E-state index in [1.54, 1.807) is 36.4 Å². The normalized spacial score (nSPS) is 11.0. The third-order valence-electron chi connectivity index (χ3n) is 3.83. The topological polar surface area (TPSA) is 33.0 Å². The first kappa shape index (κ1) is 17.7. The van der Waals surface area contributed by atoms with Gasteiger partial charge in [-0.15, -0.1) is 0 Å². The number of hydrogen-bond acceptors (Lipinski definition) is 2. The van der Waals surface area contributed by atoms with Crippen molar-refractivity contribution < 1.29 is 9.13 Å². The fourth-order valence-corrected chi connectivity index (χ4v) is 2.64. The van der Waals surface area contributed by atoms with Crippen LogP contribution in [0.4, 0.5) is 4.39 Å². The van der Waals surface area contributed by atoms with E-state index in [4.69, 9.17) is 16.3 Å². The zero-order valence-corrected chi connectivity index (χ0v) is 14.6. The highest BCUT2D eigenvalue weighted by Gasteiger charge is 2.07. The van der Waals surface area contributed by atoms with Gasteiger partial charge in [0.25, 0.3) is 0 Å². The van der Waals surface area contributed by atoms with Crippen LogP contribution in [-0.2, 0) is 6.61 Å². The fraction of sp³-hybridized carbons (Fsp3) is 0.0455. The lowest BCUT2D eigenvalue weighted by Crippen LogP contribution is -1.96. The van der Waals surface area contributed by atoms with E-state index >= 15 is 0 Å². The summed E-state index contributed by atoms with van der Waals surface area (Å²) in [5.41, 5.74) is 2.25. The summed E-state index contributed by atoms with van der Waals surface area (Å²) in [5, 5.41) is 10.00. The van der Waals surface area contributed by atoms with Crippen LogP contribution >= 0.6 is 11.6 Å². The second kappa shape index (κ2) is 8.33. The van der Waals surface area contributed by atoms with E-state index in [1.807, 2.05) is 36.4 Å². The lowest BCUT2D eigenvalue weighted by Gasteiger charge is -2.08. The summed E-state index contributed by atoms with van der Waals surface area (Å²) in [4.78, 5) is 0. The van der Waals surface area contributed by atoms with Crippen molar-refractivity contribution in [2.45, 2.75) is 6.61 Å². The van der Waals surface area contributed by atoms with Crippen molar-refractivity contribution in [3.05, 3.63) is 100 Å². The Morgan fingerprint density at radius 3 is 2.38 bits per heavy atom. The number of ether oxygens (including phenoxy) is 1. The molecule has 0 heterocycles. The molecule has 0 aromatic heterocycles. The maximum absolute atomic E-state index is 13.9. The van der Waals surface area contributed by atoms with Crippen LogP contribution in [-0.4, -0.2) is 0 Å². The largest absolute Gasteiger partial charge is 0.489 e. The number of nitriles is 1. The zero-order chi connectivity index (χ0) is 18.4. The van der Waals surface area contributed by atoms with E-state index in [1.165, 1.54) is 6.07 Å². The van der Waals surface area contributed by atoms with Crippen molar-refractivity contribution >= 4 is 23.3 Å². The summed E-state index contributed by atoms with van der Waals surface area (Å²) in [7, 11) is 0. The molecule has 0 saturated carbocycles. The third-order valence-corrected chi connectivity index (χ3v) is 4.20. The van der Waals surface area contributed by atoms with Crippen LogP contribution in [0.2, 0.25) is 5.02 Å². The molecule has 0 aliphatic rings. The maximum Gasteiger partial charge on any atom is 0.131 e. The Kier molecular flexibility index (Phi) is 5.68. The number of nitrogens with zero attached hydrogens (tertiary/aromatic N) is 1. The maximum atomic E-state index is 13.9. The lowest BCUT2D eigenvalue weighted by molar-refractivity contribution is 0.306. The summed E-state index contributed by atoms with van der Waals surface area (Å²) in [6.07, 6.45) is 1.65. The molecule has 0 fully saturated rings. The van der Waals surface area contributed by atoms with E-state index in [9.17, 15) is 9.65 Å². The molecule has 4 heteroatoms. The van der Waals surface area contributed by atoms with Crippen molar-refractivity contribution in [2.75, 3.05) is 0 Å². The number of rotatable bonds is 5. The van der Waals surface area contributed by atoms with Gasteiger partial charge in [-0.1, -0.05) is 60.1 Å². The SMILES string of the molecule is N#C/C(=C/c1ccc(OCc2ccccc2Cl)cc1)c1ccccc1F. The summed E-state index contributed by atoms with van der Waals surface area (Å²) in [6.45, 7) is 0.369. The van der Waals surface area contributed by atoms with Gasteiger partial charge in [-0.2, -0.15) is 5.26 Å². The van der Waals surface area contributed by atoms with Crippen molar-refractivity contribution in [2.24, 2.45) is 0 Å². The van der Waals surface area contributed by atoms with Gasteiger partial charge in [0.05, 0.1) is 11.6 Å². The Morgan fingerprint density at radius 1 is 1.00 bits per heavy atom. The number of allylic oxidation sites excluding steroid dienone is 1. The Morgan fingerprint density at radius 2 is 1.69 bits per heavy atom. The van der Waals surface area contributed by atoms with Gasteiger partial charge in [0.1, 0.15) is 18.2 Å². The molecule has 0 N–H and O–H groups in total. The molecule has 0 bridgehead atoms. The first-order valence-corrected chi connectivity index (χ1v) is 8.38. The Hall–Kier alpha value is -3.09. The Balaban J connectivity index is 1.74. The summed E-state index contributed by atoms with van der Waals surface area (Å²) < 4.78 is 19.6. The highest BCUT2D eigenvalue weighted by molar-refractivity contribution is 6.31. The van der Waals surface area contributed by atoms with Gasteiger partial charge >= 0.3 is 0 Å². The molecular formula is C22H15ClFNO. The second-order valence-electron chi connectivity index (χ2n) is 5.60. The molecule has 0 radical (unpaired) electrons. The van der Waals surface area contributed by atoms with E-state index in [0.29, 0.717) is 17.4 Å². The Bertz CT molecular complexity index is 974. The van der Waals surface area contributed by atoms with Crippen LogP contribution < -0.4 is 4.74 Å². The van der Waals surface area contributed by atoms with Crippen molar-refractivity contribution in [3.63, 3.8) is 0 Å². The molecule has 26 heavy (non-hydrogen) atoms. The lowest BCUT2D eigenvalue weighted by atomic mass is 10.0. The summed E-state index contributed by atoms with van der Waals surface area (Å²) in [5.74, 6) is 0.270. The summed E-state index contributed by atoms with van der Waals surface area (Å²) >= 11 is 6.11. The quantitative estimate of drug-likeness (QED) is 0.404. The molecule has 2 nitrogen and oxygen atoms in total.